The second kappa shape index (κ2) is 6.91. The number of nitro groups is 1. The lowest BCUT2D eigenvalue weighted by Gasteiger charge is -1.95. The summed E-state index contributed by atoms with van der Waals surface area (Å²) in [6, 6.07) is 14.9. The Morgan fingerprint density at radius 1 is 1.12 bits per heavy atom. The van der Waals surface area contributed by atoms with Gasteiger partial charge in [-0.05, 0) is 6.07 Å². The molecular weight excluding hydrogens is 374 g/mol. The third kappa shape index (κ3) is 3.55. The number of hydrogen-bond donors (Lipinski definition) is 0. The van der Waals surface area contributed by atoms with E-state index in [1.165, 1.54) is 12.1 Å². The summed E-state index contributed by atoms with van der Waals surface area (Å²) < 4.78 is 1.85. The van der Waals surface area contributed by atoms with Crippen LogP contribution in [-0.2, 0) is 5.75 Å². The van der Waals surface area contributed by atoms with Gasteiger partial charge in [0.15, 0.2) is 4.34 Å². The maximum absolute atomic E-state index is 10.9. The maximum Gasteiger partial charge on any atom is 0.271 e. The van der Waals surface area contributed by atoms with Crippen molar-refractivity contribution in [2.24, 2.45) is 0 Å². The fraction of sp³-hybridized carbons (Fsp3) is 0.0588. The average Bonchev–Trinajstić information content (AvgIpc) is 3.26. The lowest BCUT2D eigenvalue weighted by molar-refractivity contribution is -0.384. The third-order valence-corrected chi connectivity index (χ3v) is 6.63. The molecule has 0 aliphatic carbocycles. The van der Waals surface area contributed by atoms with Crippen molar-refractivity contribution in [1.29, 1.82) is 0 Å². The van der Waals surface area contributed by atoms with Crippen LogP contribution in [0.2, 0.25) is 0 Å². The van der Waals surface area contributed by atoms with Crippen LogP contribution in [0.1, 0.15) is 5.69 Å². The van der Waals surface area contributed by atoms with Gasteiger partial charge in [-0.1, -0.05) is 42.1 Å². The van der Waals surface area contributed by atoms with E-state index in [4.69, 9.17) is 0 Å². The largest absolute Gasteiger partial charge is 0.271 e. The highest BCUT2D eigenvalue weighted by Gasteiger charge is 2.11. The van der Waals surface area contributed by atoms with Crippen molar-refractivity contribution in [2.45, 2.75) is 10.1 Å². The molecule has 0 saturated heterocycles. The van der Waals surface area contributed by atoms with Gasteiger partial charge in [-0.25, -0.2) is 9.97 Å². The first-order valence-electron chi connectivity index (χ1n) is 7.37. The molecule has 0 N–H and O–H groups in total. The molecule has 2 aromatic heterocycles. The number of nitro benzene ring substituents is 1. The fourth-order valence-electron chi connectivity index (χ4n) is 2.29. The third-order valence-electron chi connectivity index (χ3n) is 3.48. The van der Waals surface area contributed by atoms with Gasteiger partial charge in [0.1, 0.15) is 5.01 Å². The van der Waals surface area contributed by atoms with E-state index < -0.39 is 4.92 Å². The van der Waals surface area contributed by atoms with E-state index in [0.717, 1.165) is 31.1 Å². The lowest BCUT2D eigenvalue weighted by atomic mass is 10.2. The van der Waals surface area contributed by atoms with Crippen molar-refractivity contribution in [2.75, 3.05) is 0 Å². The van der Waals surface area contributed by atoms with Gasteiger partial charge in [-0.15, -0.1) is 22.7 Å². The van der Waals surface area contributed by atoms with Gasteiger partial charge in [-0.3, -0.25) is 10.1 Å². The summed E-state index contributed by atoms with van der Waals surface area (Å²) in [4.78, 5) is 19.6. The minimum Gasteiger partial charge on any atom is -0.258 e. The Kier molecular flexibility index (Phi) is 4.48. The molecule has 5 nitrogen and oxygen atoms in total. The number of aromatic nitrogens is 2. The predicted molar refractivity (Wildman–Crippen MR) is 103 cm³/mol. The normalized spacial score (nSPS) is 11.0. The van der Waals surface area contributed by atoms with E-state index in [2.05, 4.69) is 27.5 Å². The molecule has 0 unspecified atom stereocenters. The summed E-state index contributed by atoms with van der Waals surface area (Å²) in [5.74, 6) is 0.727. The van der Waals surface area contributed by atoms with Crippen LogP contribution in [0.25, 0.3) is 20.8 Å². The molecule has 0 spiro atoms. The molecule has 0 saturated carbocycles. The van der Waals surface area contributed by atoms with E-state index in [1.54, 1.807) is 40.5 Å². The second-order valence-corrected chi connectivity index (χ2v) is 8.30. The van der Waals surface area contributed by atoms with Crippen LogP contribution in [0, 0.1) is 10.1 Å². The highest BCUT2D eigenvalue weighted by molar-refractivity contribution is 8.00. The summed E-state index contributed by atoms with van der Waals surface area (Å²) in [6.45, 7) is 0. The maximum atomic E-state index is 10.9. The van der Waals surface area contributed by atoms with Gasteiger partial charge < -0.3 is 0 Å². The summed E-state index contributed by atoms with van der Waals surface area (Å²) in [5, 5.41) is 13.9. The molecule has 25 heavy (non-hydrogen) atoms. The zero-order chi connectivity index (χ0) is 17.2. The van der Waals surface area contributed by atoms with Crippen molar-refractivity contribution in [1.82, 2.24) is 9.97 Å². The van der Waals surface area contributed by atoms with Crippen LogP contribution in [0.3, 0.4) is 0 Å². The van der Waals surface area contributed by atoms with Crippen LogP contribution in [0.15, 0.2) is 58.3 Å². The zero-order valence-electron chi connectivity index (χ0n) is 12.8. The Hall–Kier alpha value is -2.29. The van der Waals surface area contributed by atoms with Crippen molar-refractivity contribution in [3.05, 3.63) is 69.7 Å². The van der Waals surface area contributed by atoms with E-state index >= 15 is 0 Å². The zero-order valence-corrected chi connectivity index (χ0v) is 15.2. The van der Waals surface area contributed by atoms with Gasteiger partial charge in [-0.2, -0.15) is 0 Å². The number of fused-ring (bicyclic) bond motifs is 1. The molecule has 0 fully saturated rings. The number of thiazole rings is 2. The lowest BCUT2D eigenvalue weighted by Crippen LogP contribution is -1.86. The SMILES string of the molecule is O=[N+]([O-])c1ccc2sc(SCc3csc(-c4ccccc4)n3)nc2c1. The van der Waals surface area contributed by atoms with Crippen LogP contribution in [0.4, 0.5) is 5.69 Å². The van der Waals surface area contributed by atoms with Gasteiger partial charge in [0, 0.05) is 28.8 Å². The van der Waals surface area contributed by atoms with E-state index in [0.29, 0.717) is 5.52 Å². The summed E-state index contributed by atoms with van der Waals surface area (Å²) in [7, 11) is 0. The van der Waals surface area contributed by atoms with Crippen molar-refractivity contribution >= 4 is 50.3 Å². The number of thioether (sulfide) groups is 1. The molecule has 2 heterocycles. The van der Waals surface area contributed by atoms with Crippen LogP contribution < -0.4 is 0 Å². The number of hydrogen-bond acceptors (Lipinski definition) is 7. The van der Waals surface area contributed by atoms with Crippen molar-refractivity contribution in [3.63, 3.8) is 0 Å². The van der Waals surface area contributed by atoms with E-state index in [1.807, 2.05) is 18.2 Å². The first-order chi connectivity index (χ1) is 12.2. The molecule has 0 bridgehead atoms. The molecule has 4 aromatic rings. The minimum absolute atomic E-state index is 0.0707. The van der Waals surface area contributed by atoms with Crippen LogP contribution in [0.5, 0.6) is 0 Å². The van der Waals surface area contributed by atoms with Crippen LogP contribution in [-0.4, -0.2) is 14.9 Å². The molecule has 124 valence electrons. The molecule has 0 atom stereocenters. The summed E-state index contributed by atoms with van der Waals surface area (Å²) in [5.41, 5.74) is 2.88. The molecule has 8 heteroatoms. The standard InChI is InChI=1S/C17H11N3O2S3/c21-20(22)13-6-7-15-14(8-13)19-17(25-15)24-10-12-9-23-16(18-12)11-4-2-1-3-5-11/h1-9H,10H2. The van der Waals surface area contributed by atoms with Gasteiger partial charge in [0.25, 0.3) is 5.69 Å². The molecule has 4 rings (SSSR count). The number of rotatable bonds is 5. The number of benzene rings is 2. The molecule has 0 aliphatic rings. The first-order valence-corrected chi connectivity index (χ1v) is 10.0. The second-order valence-electron chi connectivity index (χ2n) is 5.19. The molecule has 0 aliphatic heterocycles. The highest BCUT2D eigenvalue weighted by atomic mass is 32.2. The van der Waals surface area contributed by atoms with Crippen LogP contribution >= 0.6 is 34.4 Å². The predicted octanol–water partition coefficient (Wildman–Crippen LogP) is 5.62. The Morgan fingerprint density at radius 2 is 1.96 bits per heavy atom. The van der Waals surface area contributed by atoms with Gasteiger partial charge in [0.05, 0.1) is 20.8 Å². The van der Waals surface area contributed by atoms with Gasteiger partial charge >= 0.3 is 0 Å². The molecular formula is C17H11N3O2S3. The minimum atomic E-state index is -0.397. The Morgan fingerprint density at radius 3 is 2.76 bits per heavy atom. The number of non-ortho nitro benzene ring substituents is 1. The summed E-state index contributed by atoms with van der Waals surface area (Å²) in [6.07, 6.45) is 0. The van der Waals surface area contributed by atoms with E-state index in [9.17, 15) is 10.1 Å². The monoisotopic (exact) mass is 385 g/mol. The van der Waals surface area contributed by atoms with Gasteiger partial charge in [0.2, 0.25) is 0 Å². The quantitative estimate of drug-likeness (QED) is 0.253. The van der Waals surface area contributed by atoms with E-state index in [-0.39, 0.29) is 5.69 Å². The Labute approximate surface area is 155 Å². The smallest absolute Gasteiger partial charge is 0.258 e. The highest BCUT2D eigenvalue weighted by Crippen LogP contribution is 2.34. The fourth-order valence-corrected chi connectivity index (χ4v) is 5.16. The Bertz CT molecular complexity index is 1040. The molecule has 2 aromatic carbocycles. The number of nitrogens with zero attached hydrogens (tertiary/aromatic N) is 3. The van der Waals surface area contributed by atoms with Crippen molar-refractivity contribution in [3.8, 4) is 10.6 Å². The topological polar surface area (TPSA) is 68.9 Å². The van der Waals surface area contributed by atoms with Crippen molar-refractivity contribution < 1.29 is 4.92 Å². The molecule has 0 amide bonds. The first kappa shape index (κ1) is 16.2. The summed E-state index contributed by atoms with van der Waals surface area (Å²) >= 11 is 4.78. The Balaban J connectivity index is 1.49. The molecule has 0 radical (unpaired) electrons. The average molecular weight is 385 g/mol.